The maximum absolute atomic E-state index is 11.9. The van der Waals surface area contributed by atoms with Crippen LogP contribution in [0.3, 0.4) is 0 Å². The molecule has 94 valence electrons. The van der Waals surface area contributed by atoms with Gasteiger partial charge in [0, 0.05) is 11.5 Å². The fourth-order valence-corrected chi connectivity index (χ4v) is 4.07. The summed E-state index contributed by atoms with van der Waals surface area (Å²) in [6.07, 6.45) is 4.73. The lowest BCUT2D eigenvalue weighted by Gasteiger charge is -2.21. The minimum Gasteiger partial charge on any atom is -0.462 e. The van der Waals surface area contributed by atoms with Gasteiger partial charge in [0.1, 0.15) is 0 Å². The van der Waals surface area contributed by atoms with Gasteiger partial charge in [-0.05, 0) is 42.9 Å². The molecular weight excluding hydrogens is 212 g/mol. The topological polar surface area (TPSA) is 26.3 Å². The minimum absolute atomic E-state index is 0.0122. The summed E-state index contributed by atoms with van der Waals surface area (Å²) in [5, 5.41) is 0. The Morgan fingerprint density at radius 2 is 2.06 bits per heavy atom. The molecule has 2 nitrogen and oxygen atoms in total. The van der Waals surface area contributed by atoms with E-state index in [1.807, 2.05) is 0 Å². The molecule has 1 aliphatic heterocycles. The molecule has 0 bridgehead atoms. The summed E-state index contributed by atoms with van der Waals surface area (Å²) in [6, 6.07) is 0. The summed E-state index contributed by atoms with van der Waals surface area (Å²) in [4.78, 5) is 11.9. The van der Waals surface area contributed by atoms with E-state index in [1.54, 1.807) is 0 Å². The third kappa shape index (κ3) is 1.73. The smallest absolute Gasteiger partial charge is 0.334 e. The summed E-state index contributed by atoms with van der Waals surface area (Å²) in [7, 11) is 0. The van der Waals surface area contributed by atoms with Crippen molar-refractivity contribution in [3.05, 3.63) is 11.1 Å². The Hall–Kier alpha value is -0.790. The summed E-state index contributed by atoms with van der Waals surface area (Å²) in [6.45, 7) is 7.66. The fourth-order valence-electron chi connectivity index (χ4n) is 4.07. The highest BCUT2D eigenvalue weighted by atomic mass is 16.5. The highest BCUT2D eigenvalue weighted by Gasteiger charge is 2.45. The molecule has 2 aliphatic carbocycles. The van der Waals surface area contributed by atoms with Gasteiger partial charge in [-0.25, -0.2) is 4.79 Å². The number of carbonyl (C=O) groups is 1. The number of ether oxygens (including phenoxy) is 1. The van der Waals surface area contributed by atoms with Gasteiger partial charge in [-0.3, -0.25) is 0 Å². The van der Waals surface area contributed by atoms with Crippen LogP contribution in [0.2, 0.25) is 0 Å². The Morgan fingerprint density at radius 3 is 2.82 bits per heavy atom. The first kappa shape index (κ1) is 11.3. The van der Waals surface area contributed by atoms with Crippen LogP contribution in [0.4, 0.5) is 0 Å². The zero-order valence-electron chi connectivity index (χ0n) is 11.1. The number of carbonyl (C=O) groups excluding carboxylic acids is 1. The third-order valence-corrected chi connectivity index (χ3v) is 4.94. The van der Waals surface area contributed by atoms with Crippen molar-refractivity contribution >= 4 is 5.97 Å². The summed E-state index contributed by atoms with van der Waals surface area (Å²) in [5.41, 5.74) is 2.89. The first-order chi connectivity index (χ1) is 7.98. The van der Waals surface area contributed by atoms with Crippen molar-refractivity contribution in [1.29, 1.82) is 0 Å². The van der Waals surface area contributed by atoms with Gasteiger partial charge in [-0.1, -0.05) is 26.3 Å². The zero-order valence-corrected chi connectivity index (χ0v) is 11.1. The lowest BCUT2D eigenvalue weighted by Crippen LogP contribution is -2.12. The van der Waals surface area contributed by atoms with E-state index in [0.29, 0.717) is 23.9 Å². The maximum Gasteiger partial charge on any atom is 0.334 e. The van der Waals surface area contributed by atoms with E-state index in [1.165, 1.54) is 18.4 Å². The third-order valence-electron chi connectivity index (χ3n) is 4.94. The van der Waals surface area contributed by atoms with Crippen LogP contribution >= 0.6 is 0 Å². The molecule has 0 amide bonds. The van der Waals surface area contributed by atoms with Gasteiger partial charge >= 0.3 is 5.97 Å². The van der Waals surface area contributed by atoms with Gasteiger partial charge < -0.3 is 4.74 Å². The molecular formula is C15H22O2. The average Bonchev–Trinajstić information content (AvgIpc) is 2.72. The largest absolute Gasteiger partial charge is 0.462 e. The minimum atomic E-state index is -0.0122. The molecule has 0 radical (unpaired) electrons. The Kier molecular flexibility index (Phi) is 2.39. The number of cyclic esters (lactones) is 1. The quantitative estimate of drug-likeness (QED) is 0.601. The molecule has 3 atom stereocenters. The highest BCUT2D eigenvalue weighted by molar-refractivity contribution is 5.92. The first-order valence-corrected chi connectivity index (χ1v) is 6.88. The van der Waals surface area contributed by atoms with E-state index in [-0.39, 0.29) is 5.97 Å². The van der Waals surface area contributed by atoms with Crippen molar-refractivity contribution in [2.75, 3.05) is 6.61 Å². The highest BCUT2D eigenvalue weighted by Crippen LogP contribution is 2.53. The van der Waals surface area contributed by atoms with Crippen LogP contribution in [-0.4, -0.2) is 12.6 Å². The van der Waals surface area contributed by atoms with Crippen molar-refractivity contribution in [2.24, 2.45) is 23.2 Å². The molecule has 2 heteroatoms. The van der Waals surface area contributed by atoms with Crippen molar-refractivity contribution in [2.45, 2.75) is 46.5 Å². The molecule has 0 unspecified atom stereocenters. The summed E-state index contributed by atoms with van der Waals surface area (Å²) >= 11 is 0. The van der Waals surface area contributed by atoms with Crippen LogP contribution in [0.15, 0.2) is 11.1 Å². The van der Waals surface area contributed by atoms with Crippen molar-refractivity contribution in [3.8, 4) is 0 Å². The number of hydrogen-bond acceptors (Lipinski definition) is 2. The van der Waals surface area contributed by atoms with Gasteiger partial charge in [0.15, 0.2) is 0 Å². The number of fused-ring (bicyclic) bond motifs is 2. The summed E-state index contributed by atoms with van der Waals surface area (Å²) in [5.74, 6) is 1.76. The monoisotopic (exact) mass is 234 g/mol. The number of hydrogen-bond donors (Lipinski definition) is 0. The lowest BCUT2D eigenvalue weighted by molar-refractivity contribution is -0.135. The van der Waals surface area contributed by atoms with Crippen LogP contribution in [0, 0.1) is 23.2 Å². The lowest BCUT2D eigenvalue weighted by atomic mass is 9.84. The molecule has 2 fully saturated rings. The molecule has 3 rings (SSSR count). The molecule has 0 aromatic carbocycles. The van der Waals surface area contributed by atoms with Gasteiger partial charge in [-0.15, -0.1) is 0 Å². The SMILES string of the molecule is C[C@H]1CC[C@@H]2COC(=O)C2=C2CC(C)(C)C[C@H]21. The molecule has 17 heavy (non-hydrogen) atoms. The van der Waals surface area contributed by atoms with Gasteiger partial charge in [-0.2, -0.15) is 0 Å². The normalized spacial score (nSPS) is 39.7. The molecule has 0 aromatic rings. The van der Waals surface area contributed by atoms with E-state index in [2.05, 4.69) is 20.8 Å². The van der Waals surface area contributed by atoms with E-state index < -0.39 is 0 Å². The zero-order chi connectivity index (χ0) is 12.2. The predicted octanol–water partition coefficient (Wildman–Crippen LogP) is 3.32. The number of esters is 1. The second kappa shape index (κ2) is 3.60. The Bertz CT molecular complexity index is 392. The first-order valence-electron chi connectivity index (χ1n) is 6.88. The van der Waals surface area contributed by atoms with Gasteiger partial charge in [0.05, 0.1) is 6.61 Å². The molecule has 1 saturated carbocycles. The average molecular weight is 234 g/mol. The molecule has 0 spiro atoms. The van der Waals surface area contributed by atoms with E-state index >= 15 is 0 Å². The van der Waals surface area contributed by atoms with E-state index in [9.17, 15) is 4.79 Å². The molecule has 0 N–H and O–H groups in total. The van der Waals surface area contributed by atoms with Crippen molar-refractivity contribution in [3.63, 3.8) is 0 Å². The predicted molar refractivity (Wildman–Crippen MR) is 66.4 cm³/mol. The van der Waals surface area contributed by atoms with Crippen LogP contribution in [0.5, 0.6) is 0 Å². The Morgan fingerprint density at radius 1 is 1.29 bits per heavy atom. The standard InChI is InChI=1S/C15H22O2/c1-9-4-5-10-8-17-14(16)13(10)12-7-15(2,3)6-11(9)12/h9-11H,4-8H2,1-3H3/t9-,10+,11-/m0/s1. The molecule has 0 aromatic heterocycles. The summed E-state index contributed by atoms with van der Waals surface area (Å²) < 4.78 is 5.27. The number of allylic oxidation sites excluding steroid dienone is 1. The molecule has 3 aliphatic rings. The second-order valence-electron chi connectivity index (χ2n) is 6.94. The maximum atomic E-state index is 11.9. The number of rotatable bonds is 0. The van der Waals surface area contributed by atoms with Crippen molar-refractivity contribution < 1.29 is 9.53 Å². The van der Waals surface area contributed by atoms with Crippen LogP contribution < -0.4 is 0 Å². The Labute approximate surface area is 103 Å². The Balaban J connectivity index is 2.07. The second-order valence-corrected chi connectivity index (χ2v) is 6.94. The molecule has 1 heterocycles. The van der Waals surface area contributed by atoms with Gasteiger partial charge in [0.25, 0.3) is 0 Å². The van der Waals surface area contributed by atoms with Gasteiger partial charge in [0.2, 0.25) is 0 Å². The van der Waals surface area contributed by atoms with E-state index in [0.717, 1.165) is 24.3 Å². The molecule has 1 saturated heterocycles. The van der Waals surface area contributed by atoms with E-state index in [4.69, 9.17) is 4.74 Å². The van der Waals surface area contributed by atoms with Crippen LogP contribution in [0.1, 0.15) is 46.5 Å². The van der Waals surface area contributed by atoms with Crippen LogP contribution in [0.25, 0.3) is 0 Å². The van der Waals surface area contributed by atoms with Crippen molar-refractivity contribution in [1.82, 2.24) is 0 Å². The fraction of sp³-hybridized carbons (Fsp3) is 0.800. The van der Waals surface area contributed by atoms with Crippen LogP contribution in [-0.2, 0) is 9.53 Å².